The van der Waals surface area contributed by atoms with E-state index in [1.165, 1.54) is 24.0 Å². The maximum Gasteiger partial charge on any atom is 0.249 e. The Morgan fingerprint density at radius 1 is 0.786 bits per heavy atom. The monoisotopic (exact) mass is 750 g/mol. The lowest BCUT2D eigenvalue weighted by Gasteiger charge is -2.42. The van der Waals surface area contributed by atoms with Crippen molar-refractivity contribution < 1.29 is 14.7 Å². The number of hydrogen-bond acceptors (Lipinski definition) is 11. The fourth-order valence-electron chi connectivity index (χ4n) is 9.01. The normalized spacial score (nSPS) is 19.6. The van der Waals surface area contributed by atoms with Crippen molar-refractivity contribution in [1.82, 2.24) is 35.0 Å². The number of imide groups is 1. The predicted octanol–water partition coefficient (Wildman–Crippen LogP) is 6.30. The van der Waals surface area contributed by atoms with Crippen molar-refractivity contribution in [2.24, 2.45) is 0 Å². The molecule has 13 heteroatoms. The lowest BCUT2D eigenvalue weighted by molar-refractivity contribution is -0.135. The minimum Gasteiger partial charge on any atom is -0.507 e. The Bertz CT molecular complexity index is 2400. The number of carbonyl (C=O) groups is 2. The number of phenolic OH excluding ortho intramolecular Hbond substituents is 1. The van der Waals surface area contributed by atoms with Crippen LogP contribution in [-0.4, -0.2) is 71.8 Å². The molecule has 56 heavy (non-hydrogen) atoms. The lowest BCUT2D eigenvalue weighted by Crippen LogP contribution is -2.54. The van der Waals surface area contributed by atoms with Crippen molar-refractivity contribution in [3.63, 3.8) is 0 Å². The number of aromatic nitrogens is 6. The van der Waals surface area contributed by atoms with Crippen LogP contribution in [0.15, 0.2) is 79.3 Å². The number of anilines is 3. The van der Waals surface area contributed by atoms with E-state index in [1.807, 2.05) is 41.2 Å². The first-order chi connectivity index (χ1) is 27.4. The Morgan fingerprint density at radius 3 is 2.30 bits per heavy atom. The van der Waals surface area contributed by atoms with Crippen LogP contribution in [0.4, 0.5) is 17.5 Å². The highest BCUT2D eigenvalue weighted by Crippen LogP contribution is 2.38. The number of unbranched alkanes of at least 4 members (excludes halogenated alkanes) is 4. The Balaban J connectivity index is 0.752. The topological polar surface area (TPSA) is 168 Å². The molecule has 13 nitrogen and oxygen atoms in total. The molecule has 0 spiro atoms. The number of nitrogen functional groups attached to an aromatic ring is 1. The fourth-order valence-corrected chi connectivity index (χ4v) is 9.01. The van der Waals surface area contributed by atoms with Crippen LogP contribution in [-0.2, 0) is 22.4 Å². The number of aromatic hydroxyl groups is 1. The van der Waals surface area contributed by atoms with Gasteiger partial charge in [0.05, 0.1) is 16.9 Å². The number of phenols is 1. The molecule has 6 aromatic rings. The van der Waals surface area contributed by atoms with Gasteiger partial charge in [-0.05, 0) is 98.5 Å². The summed E-state index contributed by atoms with van der Waals surface area (Å²) in [5, 5.41) is 23.5. The minimum atomic E-state index is -0.444. The van der Waals surface area contributed by atoms with Crippen molar-refractivity contribution in [2.75, 3.05) is 28.6 Å². The first-order valence-electron chi connectivity index (χ1n) is 19.9. The van der Waals surface area contributed by atoms with Crippen LogP contribution in [0.2, 0.25) is 0 Å². The number of benzene rings is 2. The molecule has 4 aromatic heterocycles. The number of piperazine rings is 1. The third-order valence-corrected chi connectivity index (χ3v) is 11.8. The number of nitrogens with zero attached hydrogens (tertiary/aromatic N) is 8. The number of carbonyl (C=O) groups excluding carboxylic acids is 2. The molecule has 0 radical (unpaired) electrons. The number of amides is 2. The average molecular weight is 751 g/mol. The molecular weight excluding hydrogens is 705 g/mol. The van der Waals surface area contributed by atoms with Crippen LogP contribution < -0.4 is 20.9 Å². The Morgan fingerprint density at radius 2 is 1.54 bits per heavy atom. The van der Waals surface area contributed by atoms with E-state index in [0.717, 1.165) is 91.6 Å². The zero-order chi connectivity index (χ0) is 38.2. The third-order valence-electron chi connectivity index (χ3n) is 11.8. The zero-order valence-electron chi connectivity index (χ0n) is 31.3. The molecular formula is C43H46N10O3. The molecule has 3 saturated heterocycles. The van der Waals surface area contributed by atoms with Crippen molar-refractivity contribution in [2.45, 2.75) is 88.8 Å². The number of rotatable bonds is 12. The smallest absolute Gasteiger partial charge is 0.249 e. The second-order valence-electron chi connectivity index (χ2n) is 15.4. The van der Waals surface area contributed by atoms with Gasteiger partial charge in [0.2, 0.25) is 17.8 Å². The summed E-state index contributed by atoms with van der Waals surface area (Å²) in [6.07, 6.45) is 16.4. The summed E-state index contributed by atoms with van der Waals surface area (Å²) in [7, 11) is 0. The summed E-state index contributed by atoms with van der Waals surface area (Å²) >= 11 is 0. The van der Waals surface area contributed by atoms with E-state index in [0.29, 0.717) is 29.9 Å². The van der Waals surface area contributed by atoms with Crippen LogP contribution in [0.3, 0.4) is 0 Å². The van der Waals surface area contributed by atoms with Gasteiger partial charge < -0.3 is 25.2 Å². The number of nitrogens with two attached hydrogens (primary N) is 1. The summed E-state index contributed by atoms with van der Waals surface area (Å²) in [6.45, 7) is 1.58. The molecule has 3 atom stereocenters. The molecule has 286 valence electrons. The number of fused-ring (bicyclic) bond motifs is 5. The van der Waals surface area contributed by atoms with E-state index in [9.17, 15) is 14.7 Å². The van der Waals surface area contributed by atoms with Crippen LogP contribution >= 0.6 is 0 Å². The molecule has 3 unspecified atom stereocenters. The van der Waals surface area contributed by atoms with Gasteiger partial charge in [-0.3, -0.25) is 14.9 Å². The second-order valence-corrected chi connectivity index (χ2v) is 15.4. The highest BCUT2D eigenvalue weighted by atomic mass is 16.3. The highest BCUT2D eigenvalue weighted by Gasteiger charge is 2.42. The number of nitrogens with one attached hydrogen (secondary N) is 1. The van der Waals surface area contributed by atoms with Crippen LogP contribution in [0.5, 0.6) is 5.75 Å². The largest absolute Gasteiger partial charge is 0.507 e. The maximum atomic E-state index is 12.8. The molecule has 2 amide bonds. The molecule has 2 bridgehead atoms. The summed E-state index contributed by atoms with van der Waals surface area (Å²) in [5.74, 6) is 0.883. The van der Waals surface area contributed by atoms with Crippen molar-refractivity contribution in [3.8, 4) is 17.0 Å². The van der Waals surface area contributed by atoms with Crippen LogP contribution in [0.25, 0.3) is 33.2 Å². The van der Waals surface area contributed by atoms with E-state index < -0.39 is 6.04 Å². The van der Waals surface area contributed by atoms with E-state index >= 15 is 0 Å². The van der Waals surface area contributed by atoms with E-state index in [4.69, 9.17) is 15.7 Å². The van der Waals surface area contributed by atoms with Gasteiger partial charge in [-0.25, -0.2) is 15.0 Å². The summed E-state index contributed by atoms with van der Waals surface area (Å²) in [4.78, 5) is 43.6. The number of aryl methyl sites for hydroxylation is 2. The van der Waals surface area contributed by atoms with Gasteiger partial charge in [0.15, 0.2) is 5.82 Å². The maximum absolute atomic E-state index is 12.8. The molecule has 2 aromatic carbocycles. The van der Waals surface area contributed by atoms with Crippen LogP contribution in [0.1, 0.15) is 75.0 Å². The predicted molar refractivity (Wildman–Crippen MR) is 216 cm³/mol. The molecule has 3 fully saturated rings. The van der Waals surface area contributed by atoms with E-state index in [2.05, 4.69) is 54.6 Å². The first kappa shape index (κ1) is 35.6. The molecule has 9 rings (SSSR count). The Kier molecular flexibility index (Phi) is 9.66. The first-order valence-corrected chi connectivity index (χ1v) is 19.9. The molecule has 4 N–H and O–H groups in total. The number of para-hydroxylation sites is 1. The minimum absolute atomic E-state index is 0.167. The number of hydrogen-bond donors (Lipinski definition) is 3. The third kappa shape index (κ3) is 6.86. The highest BCUT2D eigenvalue weighted by molar-refractivity contribution is 6.09. The van der Waals surface area contributed by atoms with Gasteiger partial charge >= 0.3 is 0 Å². The van der Waals surface area contributed by atoms with Crippen molar-refractivity contribution in [3.05, 3.63) is 90.4 Å². The lowest BCUT2D eigenvalue weighted by atomic mass is 10.0. The van der Waals surface area contributed by atoms with Crippen LogP contribution in [0, 0.1) is 0 Å². The number of piperidine rings is 1. The van der Waals surface area contributed by atoms with E-state index in [1.54, 1.807) is 18.3 Å². The molecule has 3 aliphatic heterocycles. The number of pyridine rings is 1. The Labute approximate surface area is 325 Å². The standard InChI is InChI=1S/C43H46N10O3/c44-40-37(22-34(49-50-40)32-11-6-7-13-38(32)54)51-25-29-15-16-30(26-51)52(29)43-46-23-28(24-47-43)10-5-3-1-2-4-9-27-14-17-35-33(21-27)31-12-8-20-45-41(31)53(35)36-18-19-39(55)48-42(36)56/h6-8,11-14,17,20-24,29-30,36,54H,1-5,9-10,15-16,18-19,25-26H2,(H2,44,50)(H,48,55,56). The average Bonchev–Trinajstić information content (AvgIpc) is 3.67. The van der Waals surface area contributed by atoms with Gasteiger partial charge in [-0.1, -0.05) is 37.5 Å². The second kappa shape index (κ2) is 15.2. The summed E-state index contributed by atoms with van der Waals surface area (Å²) in [5.41, 5.74) is 12.6. The summed E-state index contributed by atoms with van der Waals surface area (Å²) in [6, 6.07) is 19.7. The zero-order valence-corrected chi connectivity index (χ0v) is 31.3. The molecule has 3 aliphatic rings. The molecule has 0 saturated carbocycles. The Hall–Kier alpha value is -6.11. The fraction of sp³-hybridized carbons (Fsp3) is 0.372. The van der Waals surface area contributed by atoms with Gasteiger partial charge in [0, 0.05) is 66.5 Å². The van der Waals surface area contributed by atoms with Gasteiger partial charge in [-0.15, -0.1) is 10.2 Å². The SMILES string of the molecule is Nc1nnc(-c2ccccc2O)cc1N1CC2CCC(C1)N2c1ncc(CCCCCCCc2ccc3c(c2)c2cccnc2n3C2CCC(=O)NC2=O)cn1. The van der Waals surface area contributed by atoms with Gasteiger partial charge in [0.25, 0.3) is 0 Å². The quantitative estimate of drug-likeness (QED) is 0.0949. The van der Waals surface area contributed by atoms with Crippen molar-refractivity contribution in [1.29, 1.82) is 0 Å². The van der Waals surface area contributed by atoms with Gasteiger partial charge in [-0.2, -0.15) is 0 Å². The van der Waals surface area contributed by atoms with Gasteiger partial charge in [0.1, 0.15) is 17.4 Å². The van der Waals surface area contributed by atoms with Crippen molar-refractivity contribution >= 4 is 51.2 Å². The molecule has 0 aliphatic carbocycles. The molecule has 7 heterocycles. The summed E-state index contributed by atoms with van der Waals surface area (Å²) < 4.78 is 2.01. The van der Waals surface area contributed by atoms with E-state index in [-0.39, 0.29) is 29.6 Å².